The van der Waals surface area contributed by atoms with Crippen LogP contribution < -0.4 is 15.1 Å². The molecule has 0 spiro atoms. The summed E-state index contributed by atoms with van der Waals surface area (Å²) < 4.78 is 16.5. The van der Waals surface area contributed by atoms with Crippen LogP contribution in [0.4, 0.5) is 0 Å². The van der Waals surface area contributed by atoms with Gasteiger partial charge in [-0.2, -0.15) is 0 Å². The van der Waals surface area contributed by atoms with E-state index in [1.54, 1.807) is 19.2 Å². The molecule has 3 aromatic rings. The summed E-state index contributed by atoms with van der Waals surface area (Å²) in [7, 11) is 1.64. The SMILES string of the molecule is CCc1cc(=O)oc2cc(OCc3cc(C)ccc3OC)ccc12. The van der Waals surface area contributed by atoms with Crippen molar-refractivity contribution in [2.24, 2.45) is 0 Å². The zero-order valence-electron chi connectivity index (χ0n) is 14.1. The van der Waals surface area contributed by atoms with Crippen molar-refractivity contribution in [3.8, 4) is 11.5 Å². The van der Waals surface area contributed by atoms with E-state index >= 15 is 0 Å². The number of fused-ring (bicyclic) bond motifs is 1. The smallest absolute Gasteiger partial charge is 0.336 e. The summed E-state index contributed by atoms with van der Waals surface area (Å²) in [6, 6.07) is 13.1. The van der Waals surface area contributed by atoms with Crippen LogP contribution in [0, 0.1) is 6.92 Å². The number of hydrogen-bond acceptors (Lipinski definition) is 4. The van der Waals surface area contributed by atoms with Gasteiger partial charge in [-0.3, -0.25) is 0 Å². The van der Waals surface area contributed by atoms with Crippen molar-refractivity contribution in [1.29, 1.82) is 0 Å². The van der Waals surface area contributed by atoms with Gasteiger partial charge in [0, 0.05) is 23.1 Å². The molecule has 124 valence electrons. The van der Waals surface area contributed by atoms with Gasteiger partial charge >= 0.3 is 5.63 Å². The summed E-state index contributed by atoms with van der Waals surface area (Å²) in [4.78, 5) is 11.7. The summed E-state index contributed by atoms with van der Waals surface area (Å²) in [6.07, 6.45) is 0.781. The molecule has 4 nitrogen and oxygen atoms in total. The first-order valence-electron chi connectivity index (χ1n) is 7.94. The van der Waals surface area contributed by atoms with E-state index in [0.717, 1.165) is 34.2 Å². The molecule has 0 atom stereocenters. The lowest BCUT2D eigenvalue weighted by atomic mass is 10.1. The van der Waals surface area contributed by atoms with E-state index in [1.807, 2.05) is 44.2 Å². The van der Waals surface area contributed by atoms with E-state index in [0.29, 0.717) is 17.9 Å². The first-order valence-corrected chi connectivity index (χ1v) is 7.94. The van der Waals surface area contributed by atoms with Crippen LogP contribution in [0.2, 0.25) is 0 Å². The molecule has 0 N–H and O–H groups in total. The Morgan fingerprint density at radius 3 is 2.62 bits per heavy atom. The van der Waals surface area contributed by atoms with Crippen LogP contribution >= 0.6 is 0 Å². The van der Waals surface area contributed by atoms with Crippen LogP contribution in [-0.2, 0) is 13.0 Å². The Labute approximate surface area is 140 Å². The predicted octanol–water partition coefficient (Wildman–Crippen LogP) is 4.25. The third-order valence-corrected chi connectivity index (χ3v) is 4.01. The third-order valence-electron chi connectivity index (χ3n) is 4.01. The minimum absolute atomic E-state index is 0.336. The van der Waals surface area contributed by atoms with Gasteiger partial charge in [-0.1, -0.05) is 18.6 Å². The maximum atomic E-state index is 11.7. The largest absolute Gasteiger partial charge is 0.496 e. The van der Waals surface area contributed by atoms with Crippen LogP contribution in [0.3, 0.4) is 0 Å². The van der Waals surface area contributed by atoms with E-state index < -0.39 is 0 Å². The molecule has 2 aromatic carbocycles. The average molecular weight is 324 g/mol. The highest BCUT2D eigenvalue weighted by Crippen LogP contribution is 2.25. The molecular weight excluding hydrogens is 304 g/mol. The Morgan fingerprint density at radius 1 is 1.04 bits per heavy atom. The molecule has 0 fully saturated rings. The Balaban J connectivity index is 1.89. The molecule has 1 aromatic heterocycles. The Morgan fingerprint density at radius 2 is 1.88 bits per heavy atom. The molecule has 0 saturated carbocycles. The zero-order valence-corrected chi connectivity index (χ0v) is 14.1. The quantitative estimate of drug-likeness (QED) is 0.658. The van der Waals surface area contributed by atoms with Crippen LogP contribution in [-0.4, -0.2) is 7.11 Å². The van der Waals surface area contributed by atoms with E-state index in [1.165, 1.54) is 0 Å². The summed E-state index contributed by atoms with van der Waals surface area (Å²) >= 11 is 0. The van der Waals surface area contributed by atoms with Crippen molar-refractivity contribution in [1.82, 2.24) is 0 Å². The Kier molecular flexibility index (Phi) is 4.56. The van der Waals surface area contributed by atoms with E-state index in [4.69, 9.17) is 13.9 Å². The molecule has 3 rings (SSSR count). The molecule has 1 heterocycles. The molecule has 24 heavy (non-hydrogen) atoms. The summed E-state index contributed by atoms with van der Waals surface area (Å²) in [5.74, 6) is 1.45. The molecule has 0 aliphatic carbocycles. The van der Waals surface area contributed by atoms with E-state index in [9.17, 15) is 4.79 Å². The molecule has 4 heteroatoms. The summed E-state index contributed by atoms with van der Waals surface area (Å²) in [5, 5.41) is 0.942. The summed E-state index contributed by atoms with van der Waals surface area (Å²) in [6.45, 7) is 4.43. The monoisotopic (exact) mass is 324 g/mol. The second-order valence-electron chi connectivity index (χ2n) is 5.71. The molecule has 0 aliphatic heterocycles. The van der Waals surface area contributed by atoms with Crippen molar-refractivity contribution < 1.29 is 13.9 Å². The highest BCUT2D eigenvalue weighted by Gasteiger charge is 2.08. The molecule has 0 saturated heterocycles. The molecule has 0 aliphatic rings. The molecule has 0 radical (unpaired) electrons. The van der Waals surface area contributed by atoms with Gasteiger partial charge < -0.3 is 13.9 Å². The predicted molar refractivity (Wildman–Crippen MR) is 93.9 cm³/mol. The van der Waals surface area contributed by atoms with Gasteiger partial charge in [0.2, 0.25) is 0 Å². The lowest BCUT2D eigenvalue weighted by Crippen LogP contribution is -2.01. The maximum absolute atomic E-state index is 11.7. The zero-order chi connectivity index (χ0) is 17.1. The number of methoxy groups -OCH3 is 1. The number of aryl methyl sites for hydroxylation is 2. The minimum atomic E-state index is -0.336. The van der Waals surface area contributed by atoms with Gasteiger partial charge in [-0.05, 0) is 43.2 Å². The summed E-state index contributed by atoms with van der Waals surface area (Å²) in [5.41, 5.74) is 3.31. The van der Waals surface area contributed by atoms with Gasteiger partial charge in [0.1, 0.15) is 23.7 Å². The highest BCUT2D eigenvalue weighted by atomic mass is 16.5. The number of hydrogen-bond donors (Lipinski definition) is 0. The van der Waals surface area contributed by atoms with Crippen molar-refractivity contribution >= 4 is 11.0 Å². The van der Waals surface area contributed by atoms with Gasteiger partial charge in [0.25, 0.3) is 0 Å². The molecule has 0 amide bonds. The van der Waals surface area contributed by atoms with Crippen LogP contribution in [0.1, 0.15) is 23.6 Å². The van der Waals surface area contributed by atoms with E-state index in [2.05, 4.69) is 0 Å². The van der Waals surface area contributed by atoms with Crippen LogP contribution in [0.25, 0.3) is 11.0 Å². The number of benzene rings is 2. The molecule has 0 unspecified atom stereocenters. The highest BCUT2D eigenvalue weighted by molar-refractivity contribution is 5.81. The van der Waals surface area contributed by atoms with Gasteiger partial charge in [-0.25, -0.2) is 4.79 Å². The second kappa shape index (κ2) is 6.79. The fraction of sp³-hybridized carbons (Fsp3) is 0.250. The van der Waals surface area contributed by atoms with Crippen LogP contribution in [0.15, 0.2) is 51.7 Å². The van der Waals surface area contributed by atoms with Crippen LogP contribution in [0.5, 0.6) is 11.5 Å². The van der Waals surface area contributed by atoms with Gasteiger partial charge in [0.15, 0.2) is 0 Å². The molecular formula is C20H20O4. The lowest BCUT2D eigenvalue weighted by Gasteiger charge is -2.12. The van der Waals surface area contributed by atoms with Crippen molar-refractivity contribution in [2.45, 2.75) is 26.9 Å². The number of ether oxygens (including phenoxy) is 2. The minimum Gasteiger partial charge on any atom is -0.496 e. The van der Waals surface area contributed by atoms with Crippen molar-refractivity contribution in [2.75, 3.05) is 7.11 Å². The average Bonchev–Trinajstić information content (AvgIpc) is 2.58. The first-order chi connectivity index (χ1) is 11.6. The fourth-order valence-electron chi connectivity index (χ4n) is 2.77. The van der Waals surface area contributed by atoms with E-state index in [-0.39, 0.29) is 5.63 Å². The number of rotatable bonds is 5. The fourth-order valence-corrected chi connectivity index (χ4v) is 2.77. The van der Waals surface area contributed by atoms with Gasteiger partial charge in [-0.15, -0.1) is 0 Å². The van der Waals surface area contributed by atoms with Gasteiger partial charge in [0.05, 0.1) is 7.11 Å². The lowest BCUT2D eigenvalue weighted by molar-refractivity contribution is 0.296. The molecule has 0 bridgehead atoms. The standard InChI is InChI=1S/C20H20O4/c1-4-14-10-20(21)24-19-11-16(6-7-17(14)19)23-12-15-9-13(2)5-8-18(15)22-3/h5-11H,4,12H2,1-3H3. The third kappa shape index (κ3) is 3.27. The Bertz CT molecular complexity index is 925. The van der Waals surface area contributed by atoms with Crippen molar-refractivity contribution in [3.63, 3.8) is 0 Å². The maximum Gasteiger partial charge on any atom is 0.336 e. The Hall–Kier alpha value is -2.75. The second-order valence-corrected chi connectivity index (χ2v) is 5.71. The normalized spacial score (nSPS) is 10.8. The van der Waals surface area contributed by atoms with Crippen molar-refractivity contribution in [3.05, 3.63) is 69.6 Å². The topological polar surface area (TPSA) is 48.7 Å². The first kappa shape index (κ1) is 16.1.